The van der Waals surface area contributed by atoms with Crippen molar-refractivity contribution in [3.8, 4) is 22.8 Å². The number of imidazole rings is 1. The van der Waals surface area contributed by atoms with E-state index in [4.69, 9.17) is 14.5 Å². The van der Waals surface area contributed by atoms with Gasteiger partial charge in [0, 0.05) is 42.1 Å². The lowest BCUT2D eigenvalue weighted by molar-refractivity contribution is 0.00147. The zero-order valence-electron chi connectivity index (χ0n) is 24.4. The van der Waals surface area contributed by atoms with Crippen LogP contribution >= 0.6 is 0 Å². The molecule has 0 radical (unpaired) electrons. The molecule has 0 bridgehead atoms. The average molecular weight is 519 g/mol. The fourth-order valence-electron chi connectivity index (χ4n) is 7.10. The van der Waals surface area contributed by atoms with E-state index in [2.05, 4.69) is 67.3 Å². The summed E-state index contributed by atoms with van der Waals surface area (Å²) in [6, 6.07) is 11.0. The molecule has 0 N–H and O–H groups in total. The normalized spacial score (nSPS) is 23.8. The fourth-order valence-corrected chi connectivity index (χ4v) is 7.10. The van der Waals surface area contributed by atoms with Gasteiger partial charge in [-0.15, -0.1) is 0 Å². The molecule has 206 valence electrons. The number of piperidine rings is 2. The number of benzene rings is 1. The Bertz CT molecular complexity index is 1240. The molecule has 2 aliphatic rings. The molecule has 1 aromatic carbocycles. The number of fused-ring (bicyclic) bond motifs is 1. The van der Waals surface area contributed by atoms with Crippen LogP contribution in [0, 0.1) is 6.92 Å². The summed E-state index contributed by atoms with van der Waals surface area (Å²) < 4.78 is 13.2. The summed E-state index contributed by atoms with van der Waals surface area (Å²) in [5.74, 6) is 2.03. The second kappa shape index (κ2) is 11.3. The third-order valence-corrected chi connectivity index (χ3v) is 9.14. The third-order valence-electron chi connectivity index (χ3n) is 9.14. The first-order valence-corrected chi connectivity index (χ1v) is 14.6. The molecule has 6 nitrogen and oxygen atoms in total. The molecular weight excluding hydrogens is 472 g/mol. The predicted molar refractivity (Wildman–Crippen MR) is 156 cm³/mol. The lowest BCUT2D eigenvalue weighted by Gasteiger charge is -2.50. The van der Waals surface area contributed by atoms with Gasteiger partial charge >= 0.3 is 0 Å². The van der Waals surface area contributed by atoms with Crippen LogP contribution in [0.1, 0.15) is 76.8 Å². The van der Waals surface area contributed by atoms with Gasteiger partial charge in [-0.05, 0) is 108 Å². The number of aryl methyl sites for hydroxylation is 1. The van der Waals surface area contributed by atoms with Gasteiger partial charge < -0.3 is 18.8 Å². The summed E-state index contributed by atoms with van der Waals surface area (Å²) in [6.07, 6.45) is 10.8. The Labute approximate surface area is 228 Å². The zero-order chi connectivity index (χ0) is 27.0. The number of pyridine rings is 1. The Hall–Kier alpha value is -2.57. The van der Waals surface area contributed by atoms with Gasteiger partial charge in [0.2, 0.25) is 0 Å². The smallest absolute Gasteiger partial charge is 0.161 e. The molecule has 2 aliphatic heterocycles. The molecule has 6 heteroatoms. The van der Waals surface area contributed by atoms with Gasteiger partial charge in [0.05, 0.1) is 19.9 Å². The van der Waals surface area contributed by atoms with Crippen molar-refractivity contribution in [2.75, 3.05) is 27.3 Å². The molecular formula is C32H46N4O2. The number of likely N-dealkylation sites (tertiary alicyclic amines) is 2. The minimum atomic E-state index is 0.581. The molecule has 3 unspecified atom stereocenters. The predicted octanol–water partition coefficient (Wildman–Crippen LogP) is 6.55. The Morgan fingerprint density at radius 1 is 1.00 bits per heavy atom. The summed E-state index contributed by atoms with van der Waals surface area (Å²) in [7, 11) is 3.34. The monoisotopic (exact) mass is 518 g/mol. The highest BCUT2D eigenvalue weighted by Gasteiger charge is 2.38. The largest absolute Gasteiger partial charge is 0.493 e. The second-order valence-electron chi connectivity index (χ2n) is 11.8. The van der Waals surface area contributed by atoms with Crippen molar-refractivity contribution in [3.63, 3.8) is 0 Å². The number of aromatic nitrogens is 2. The summed E-state index contributed by atoms with van der Waals surface area (Å²) in [5, 5.41) is 0. The summed E-state index contributed by atoms with van der Waals surface area (Å²) in [4.78, 5) is 10.5. The number of hydrogen-bond donors (Lipinski definition) is 0. The molecule has 38 heavy (non-hydrogen) atoms. The van der Waals surface area contributed by atoms with Crippen LogP contribution in [-0.2, 0) is 0 Å². The van der Waals surface area contributed by atoms with E-state index in [1.54, 1.807) is 14.2 Å². The van der Waals surface area contributed by atoms with Crippen LogP contribution in [0.15, 0.2) is 36.7 Å². The van der Waals surface area contributed by atoms with E-state index in [0.717, 1.165) is 34.4 Å². The maximum Gasteiger partial charge on any atom is 0.161 e. The first-order valence-electron chi connectivity index (χ1n) is 14.6. The highest BCUT2D eigenvalue weighted by Crippen LogP contribution is 2.40. The SMILES string of the molecule is CCC1CC(c2cc(C)c3nc(-c4ccc(OC)c(OC)c4)cn3c2)CC(C)N1C1CCN(C(C)C)CC1. The van der Waals surface area contributed by atoms with Gasteiger partial charge in [-0.25, -0.2) is 4.98 Å². The first kappa shape index (κ1) is 27.0. The Kier molecular flexibility index (Phi) is 8.01. The summed E-state index contributed by atoms with van der Waals surface area (Å²) in [5.41, 5.74) is 5.69. The van der Waals surface area contributed by atoms with Crippen molar-refractivity contribution >= 4 is 5.65 Å². The molecule has 0 spiro atoms. The van der Waals surface area contributed by atoms with Gasteiger partial charge in [0.25, 0.3) is 0 Å². The van der Waals surface area contributed by atoms with E-state index in [0.29, 0.717) is 24.0 Å². The number of methoxy groups -OCH3 is 2. The molecule has 2 fully saturated rings. The topological polar surface area (TPSA) is 42.2 Å². The van der Waals surface area contributed by atoms with Crippen molar-refractivity contribution in [2.24, 2.45) is 0 Å². The van der Waals surface area contributed by atoms with E-state index >= 15 is 0 Å². The Morgan fingerprint density at radius 3 is 2.39 bits per heavy atom. The molecule has 2 aromatic heterocycles. The van der Waals surface area contributed by atoms with Crippen molar-refractivity contribution < 1.29 is 9.47 Å². The van der Waals surface area contributed by atoms with E-state index in [1.165, 1.54) is 56.3 Å². The van der Waals surface area contributed by atoms with Crippen molar-refractivity contribution in [3.05, 3.63) is 47.8 Å². The van der Waals surface area contributed by atoms with E-state index in [-0.39, 0.29) is 0 Å². The third kappa shape index (κ3) is 5.17. The maximum atomic E-state index is 5.53. The van der Waals surface area contributed by atoms with Crippen LogP contribution in [0.5, 0.6) is 11.5 Å². The molecule has 4 heterocycles. The van der Waals surface area contributed by atoms with Crippen LogP contribution in [0.25, 0.3) is 16.9 Å². The molecule has 3 aromatic rings. The van der Waals surface area contributed by atoms with E-state index < -0.39 is 0 Å². The van der Waals surface area contributed by atoms with Crippen LogP contribution in [0.2, 0.25) is 0 Å². The van der Waals surface area contributed by atoms with Gasteiger partial charge in [-0.3, -0.25) is 4.90 Å². The highest BCUT2D eigenvalue weighted by atomic mass is 16.5. The van der Waals surface area contributed by atoms with E-state index in [9.17, 15) is 0 Å². The second-order valence-corrected chi connectivity index (χ2v) is 11.8. The van der Waals surface area contributed by atoms with Crippen LogP contribution < -0.4 is 9.47 Å². The van der Waals surface area contributed by atoms with Crippen LogP contribution in [0.3, 0.4) is 0 Å². The van der Waals surface area contributed by atoms with Gasteiger partial charge in [-0.1, -0.05) is 13.0 Å². The fraction of sp³-hybridized carbons (Fsp3) is 0.594. The zero-order valence-corrected chi connectivity index (χ0v) is 24.4. The maximum absolute atomic E-state index is 5.53. The summed E-state index contributed by atoms with van der Waals surface area (Å²) >= 11 is 0. The number of hydrogen-bond acceptors (Lipinski definition) is 5. The van der Waals surface area contributed by atoms with Gasteiger partial charge in [-0.2, -0.15) is 0 Å². The van der Waals surface area contributed by atoms with Crippen LogP contribution in [-0.4, -0.2) is 70.7 Å². The standard InChI is InChI=1S/C32H46N4O2/c1-8-27-17-25(16-23(5)36(27)28-11-13-34(14-12-28)21(2)3)26-15-22(4)32-33-29(20-35(32)19-26)24-9-10-30(37-6)31(18-24)38-7/h9-10,15,18-21,23,25,27-28H,8,11-14,16-17H2,1-7H3. The minimum Gasteiger partial charge on any atom is -0.493 e. The molecule has 3 atom stereocenters. The number of rotatable bonds is 7. The summed E-state index contributed by atoms with van der Waals surface area (Å²) in [6.45, 7) is 14.2. The average Bonchev–Trinajstić information content (AvgIpc) is 3.37. The lowest BCUT2D eigenvalue weighted by Crippen LogP contribution is -2.56. The first-order chi connectivity index (χ1) is 18.3. The van der Waals surface area contributed by atoms with Crippen molar-refractivity contribution in [2.45, 2.75) is 96.8 Å². The Balaban J connectivity index is 1.37. The van der Waals surface area contributed by atoms with Gasteiger partial charge in [0.15, 0.2) is 11.5 Å². The van der Waals surface area contributed by atoms with Crippen LogP contribution in [0.4, 0.5) is 0 Å². The number of nitrogens with zero attached hydrogens (tertiary/aromatic N) is 4. The van der Waals surface area contributed by atoms with Crippen molar-refractivity contribution in [1.29, 1.82) is 0 Å². The molecule has 0 saturated carbocycles. The van der Waals surface area contributed by atoms with Gasteiger partial charge in [0.1, 0.15) is 5.65 Å². The molecule has 0 amide bonds. The lowest BCUT2D eigenvalue weighted by atomic mass is 9.79. The Morgan fingerprint density at radius 2 is 1.74 bits per heavy atom. The van der Waals surface area contributed by atoms with Crippen molar-refractivity contribution in [1.82, 2.24) is 19.2 Å². The molecule has 5 rings (SSSR count). The van der Waals surface area contributed by atoms with E-state index in [1.807, 2.05) is 18.2 Å². The molecule has 0 aliphatic carbocycles. The minimum absolute atomic E-state index is 0.581. The number of ether oxygens (including phenoxy) is 2. The highest BCUT2D eigenvalue weighted by molar-refractivity contribution is 5.67. The quantitative estimate of drug-likeness (QED) is 0.355. The molecule has 2 saturated heterocycles.